The van der Waals surface area contributed by atoms with Crippen LogP contribution in [0.1, 0.15) is 43.8 Å². The van der Waals surface area contributed by atoms with Gasteiger partial charge in [-0.15, -0.1) is 10.2 Å². The van der Waals surface area contributed by atoms with E-state index < -0.39 is 0 Å². The summed E-state index contributed by atoms with van der Waals surface area (Å²) in [6.07, 6.45) is 6.45. The van der Waals surface area contributed by atoms with Crippen molar-refractivity contribution in [1.82, 2.24) is 20.1 Å². The molecule has 5 nitrogen and oxygen atoms in total. The molecule has 1 aromatic heterocycles. The minimum atomic E-state index is 0.640. The highest BCUT2D eigenvalue weighted by Crippen LogP contribution is 2.33. The topological polar surface area (TPSA) is 46.0 Å². The van der Waals surface area contributed by atoms with Crippen LogP contribution >= 0.6 is 0 Å². The highest BCUT2D eigenvalue weighted by molar-refractivity contribution is 5.32. The molecule has 2 aliphatic rings. The molecule has 0 spiro atoms. The zero-order valence-electron chi connectivity index (χ0n) is 11.2. The molecule has 18 heavy (non-hydrogen) atoms. The molecule has 2 fully saturated rings. The third-order valence-electron chi connectivity index (χ3n) is 4.23. The van der Waals surface area contributed by atoms with Crippen molar-refractivity contribution in [1.29, 1.82) is 0 Å². The Bertz CT molecular complexity index is 386. The molecule has 3 rings (SSSR count). The summed E-state index contributed by atoms with van der Waals surface area (Å²) < 4.78 is 2.22. The van der Waals surface area contributed by atoms with Crippen LogP contribution in [-0.2, 0) is 7.05 Å². The van der Waals surface area contributed by atoms with Crippen molar-refractivity contribution in [3.8, 4) is 0 Å². The lowest BCUT2D eigenvalue weighted by molar-refractivity contribution is 0.625. The van der Waals surface area contributed by atoms with Crippen LogP contribution < -0.4 is 10.2 Å². The third-order valence-corrected chi connectivity index (χ3v) is 4.23. The minimum absolute atomic E-state index is 0.640. The maximum Gasteiger partial charge on any atom is 0.227 e. The normalized spacial score (nSPS) is 22.4. The summed E-state index contributed by atoms with van der Waals surface area (Å²) in [5, 5.41) is 12.3. The van der Waals surface area contributed by atoms with Gasteiger partial charge in [-0.25, -0.2) is 0 Å². The van der Waals surface area contributed by atoms with Gasteiger partial charge in [0.05, 0.1) is 0 Å². The van der Waals surface area contributed by atoms with Gasteiger partial charge in [0.1, 0.15) is 5.82 Å². The minimum Gasteiger partial charge on any atom is -0.340 e. The van der Waals surface area contributed by atoms with Crippen LogP contribution in [-0.4, -0.2) is 40.9 Å². The number of nitrogens with zero attached hydrogens (tertiary/aromatic N) is 4. The van der Waals surface area contributed by atoms with E-state index in [0.717, 1.165) is 32.1 Å². The van der Waals surface area contributed by atoms with Crippen LogP contribution in [0.15, 0.2) is 0 Å². The molecule has 5 heteroatoms. The predicted octanol–water partition coefficient (Wildman–Crippen LogP) is 1.27. The summed E-state index contributed by atoms with van der Waals surface area (Å²) in [4.78, 5) is 2.37. The van der Waals surface area contributed by atoms with Gasteiger partial charge < -0.3 is 14.8 Å². The summed E-state index contributed by atoms with van der Waals surface area (Å²) in [7, 11) is 2.13. The second kappa shape index (κ2) is 5.26. The molecule has 1 saturated carbocycles. The number of rotatable bonds is 2. The number of aromatic nitrogens is 3. The Balaban J connectivity index is 1.79. The Morgan fingerprint density at radius 1 is 1.06 bits per heavy atom. The molecular weight excluding hydrogens is 226 g/mol. The Labute approximate surface area is 109 Å². The van der Waals surface area contributed by atoms with Crippen molar-refractivity contribution in [3.63, 3.8) is 0 Å². The van der Waals surface area contributed by atoms with Crippen molar-refractivity contribution < 1.29 is 0 Å². The molecular formula is C13H23N5. The standard InChI is InChI=1S/C13H23N5/c1-17-12(11-5-2-3-6-11)15-16-13(17)18-9-4-7-14-8-10-18/h11,14H,2-10H2,1H3. The number of hydrogen-bond donors (Lipinski definition) is 1. The lowest BCUT2D eigenvalue weighted by Crippen LogP contribution is -2.30. The van der Waals surface area contributed by atoms with Gasteiger partial charge in [-0.2, -0.15) is 0 Å². The van der Waals surface area contributed by atoms with Crippen LogP contribution in [0.25, 0.3) is 0 Å². The van der Waals surface area contributed by atoms with E-state index in [2.05, 4.69) is 32.0 Å². The van der Waals surface area contributed by atoms with Crippen molar-refractivity contribution in [2.75, 3.05) is 31.1 Å². The maximum absolute atomic E-state index is 4.45. The molecule has 1 aliphatic carbocycles. The van der Waals surface area contributed by atoms with E-state index in [0.29, 0.717) is 5.92 Å². The van der Waals surface area contributed by atoms with Crippen LogP contribution in [0, 0.1) is 0 Å². The summed E-state index contributed by atoms with van der Waals surface area (Å²) in [5.41, 5.74) is 0. The number of anilines is 1. The molecule has 1 saturated heterocycles. The van der Waals surface area contributed by atoms with Crippen molar-refractivity contribution >= 4 is 5.95 Å². The van der Waals surface area contributed by atoms with Gasteiger partial charge in [0.2, 0.25) is 5.95 Å². The fourth-order valence-electron chi connectivity index (χ4n) is 3.19. The molecule has 0 radical (unpaired) electrons. The van der Waals surface area contributed by atoms with E-state index in [1.807, 2.05) is 0 Å². The van der Waals surface area contributed by atoms with Crippen molar-refractivity contribution in [2.24, 2.45) is 7.05 Å². The quantitative estimate of drug-likeness (QED) is 0.857. The molecule has 0 unspecified atom stereocenters. The summed E-state index contributed by atoms with van der Waals surface area (Å²) in [6, 6.07) is 0. The highest BCUT2D eigenvalue weighted by Gasteiger charge is 2.24. The fraction of sp³-hybridized carbons (Fsp3) is 0.846. The number of hydrogen-bond acceptors (Lipinski definition) is 4. The van der Waals surface area contributed by atoms with Gasteiger partial charge in [0.25, 0.3) is 0 Å². The van der Waals surface area contributed by atoms with Crippen LogP contribution in [0.5, 0.6) is 0 Å². The number of nitrogens with one attached hydrogen (secondary N) is 1. The molecule has 1 aliphatic heterocycles. The van der Waals surface area contributed by atoms with E-state index in [-0.39, 0.29) is 0 Å². The first-order valence-electron chi connectivity index (χ1n) is 7.21. The Kier molecular flexibility index (Phi) is 3.50. The summed E-state index contributed by atoms with van der Waals surface area (Å²) >= 11 is 0. The van der Waals surface area contributed by atoms with Crippen molar-refractivity contribution in [3.05, 3.63) is 5.82 Å². The van der Waals surface area contributed by atoms with Gasteiger partial charge in [-0.05, 0) is 25.8 Å². The van der Waals surface area contributed by atoms with Crippen LogP contribution in [0.2, 0.25) is 0 Å². The lowest BCUT2D eigenvalue weighted by atomic mass is 10.1. The fourth-order valence-corrected chi connectivity index (χ4v) is 3.19. The summed E-state index contributed by atoms with van der Waals surface area (Å²) in [6.45, 7) is 4.29. The van der Waals surface area contributed by atoms with E-state index >= 15 is 0 Å². The lowest BCUT2D eigenvalue weighted by Gasteiger charge is -2.21. The predicted molar refractivity (Wildman–Crippen MR) is 71.9 cm³/mol. The molecule has 2 heterocycles. The first kappa shape index (κ1) is 12.0. The van der Waals surface area contributed by atoms with E-state index in [1.54, 1.807) is 0 Å². The Hall–Kier alpha value is -1.10. The second-order valence-electron chi connectivity index (χ2n) is 5.49. The molecule has 1 N–H and O–H groups in total. The molecule has 0 amide bonds. The molecule has 1 aromatic rings. The van der Waals surface area contributed by atoms with Crippen LogP contribution in [0.4, 0.5) is 5.95 Å². The molecule has 0 atom stereocenters. The Morgan fingerprint density at radius 2 is 1.89 bits per heavy atom. The largest absolute Gasteiger partial charge is 0.340 e. The van der Waals surface area contributed by atoms with E-state index in [9.17, 15) is 0 Å². The SMILES string of the molecule is Cn1c(C2CCCC2)nnc1N1CCCNCC1. The maximum atomic E-state index is 4.45. The monoisotopic (exact) mass is 249 g/mol. The zero-order chi connectivity index (χ0) is 12.4. The second-order valence-corrected chi connectivity index (χ2v) is 5.49. The van der Waals surface area contributed by atoms with E-state index in [1.165, 1.54) is 37.9 Å². The smallest absolute Gasteiger partial charge is 0.227 e. The molecule has 100 valence electrons. The summed E-state index contributed by atoms with van der Waals surface area (Å²) in [5.74, 6) is 2.89. The average molecular weight is 249 g/mol. The van der Waals surface area contributed by atoms with Gasteiger partial charge >= 0.3 is 0 Å². The molecule has 0 aromatic carbocycles. The van der Waals surface area contributed by atoms with Gasteiger partial charge in [0, 0.05) is 32.6 Å². The highest BCUT2D eigenvalue weighted by atomic mass is 15.4. The van der Waals surface area contributed by atoms with Gasteiger partial charge in [-0.3, -0.25) is 0 Å². The first-order chi connectivity index (χ1) is 8.86. The van der Waals surface area contributed by atoms with Gasteiger partial charge in [-0.1, -0.05) is 12.8 Å². The average Bonchev–Trinajstić information content (AvgIpc) is 2.93. The Morgan fingerprint density at radius 3 is 2.72 bits per heavy atom. The molecule has 0 bridgehead atoms. The van der Waals surface area contributed by atoms with Gasteiger partial charge in [0.15, 0.2) is 0 Å². The third kappa shape index (κ3) is 2.23. The van der Waals surface area contributed by atoms with Crippen LogP contribution in [0.3, 0.4) is 0 Å². The van der Waals surface area contributed by atoms with E-state index in [4.69, 9.17) is 0 Å². The zero-order valence-corrected chi connectivity index (χ0v) is 11.2. The van der Waals surface area contributed by atoms with Crippen molar-refractivity contribution in [2.45, 2.75) is 38.0 Å². The first-order valence-corrected chi connectivity index (χ1v) is 7.21.